The molecule has 6 heteroatoms. The molecule has 0 unspecified atom stereocenters. The van der Waals surface area contributed by atoms with Crippen LogP contribution in [0, 0.1) is 13.8 Å². The number of aromatic nitrogens is 1. The van der Waals surface area contributed by atoms with Gasteiger partial charge in [-0.15, -0.1) is 0 Å². The molecule has 0 spiro atoms. The van der Waals surface area contributed by atoms with Crippen molar-refractivity contribution in [1.82, 2.24) is 8.87 Å². The second-order valence-electron chi connectivity index (χ2n) is 7.02. The van der Waals surface area contributed by atoms with Crippen LogP contribution in [0.3, 0.4) is 0 Å². The van der Waals surface area contributed by atoms with E-state index in [1.54, 1.807) is 36.4 Å². The van der Waals surface area contributed by atoms with Crippen LogP contribution >= 0.6 is 0 Å². The van der Waals surface area contributed by atoms with Crippen LogP contribution in [0.1, 0.15) is 16.8 Å². The number of aliphatic hydroxyl groups excluding tert-OH is 1. The lowest BCUT2D eigenvalue weighted by Crippen LogP contribution is -2.31. The van der Waals surface area contributed by atoms with Gasteiger partial charge in [-0.1, -0.05) is 41.5 Å². The van der Waals surface area contributed by atoms with E-state index in [4.69, 9.17) is 5.11 Å². The van der Waals surface area contributed by atoms with E-state index >= 15 is 0 Å². The standard InChI is InChI=1S/C22H26N2O3S/c1-17-6-9-21(10-7-17)28(26,27)24(12-4-5-13-25)16-20-15-19-14-18(2)8-11-22(19)23(20)3/h4-11,14-15,25H,12-13,16H2,1-3H3/b5-4-. The summed E-state index contributed by atoms with van der Waals surface area (Å²) in [6, 6.07) is 15.1. The van der Waals surface area contributed by atoms with Gasteiger partial charge in [-0.3, -0.25) is 0 Å². The molecule has 0 amide bonds. The first kappa shape index (κ1) is 20.3. The maximum Gasteiger partial charge on any atom is 0.243 e. The van der Waals surface area contributed by atoms with Crippen molar-refractivity contribution < 1.29 is 13.5 Å². The molecule has 3 rings (SSSR count). The van der Waals surface area contributed by atoms with E-state index in [0.29, 0.717) is 0 Å². The molecule has 3 aromatic rings. The van der Waals surface area contributed by atoms with Gasteiger partial charge in [-0.25, -0.2) is 8.42 Å². The summed E-state index contributed by atoms with van der Waals surface area (Å²) in [7, 11) is -1.72. The summed E-state index contributed by atoms with van der Waals surface area (Å²) < 4.78 is 30.0. The minimum absolute atomic E-state index is 0.119. The van der Waals surface area contributed by atoms with E-state index in [-0.39, 0.29) is 24.6 Å². The molecular formula is C22H26N2O3S. The molecule has 0 saturated carbocycles. The molecule has 0 atom stereocenters. The number of rotatable bonds is 7. The summed E-state index contributed by atoms with van der Waals surface area (Å²) in [6.07, 6.45) is 3.24. The summed E-state index contributed by atoms with van der Waals surface area (Å²) in [5.74, 6) is 0. The van der Waals surface area contributed by atoms with Crippen LogP contribution in [-0.4, -0.2) is 35.5 Å². The molecule has 28 heavy (non-hydrogen) atoms. The van der Waals surface area contributed by atoms with E-state index in [9.17, 15) is 8.42 Å². The number of aryl methyl sites for hydroxylation is 3. The molecule has 5 nitrogen and oxygen atoms in total. The van der Waals surface area contributed by atoms with Crippen molar-refractivity contribution >= 4 is 20.9 Å². The average Bonchev–Trinajstić information content (AvgIpc) is 2.96. The molecule has 0 radical (unpaired) electrons. The van der Waals surface area contributed by atoms with Crippen molar-refractivity contribution in [2.24, 2.45) is 7.05 Å². The molecule has 0 aliphatic heterocycles. The van der Waals surface area contributed by atoms with Gasteiger partial charge in [0.1, 0.15) is 0 Å². The van der Waals surface area contributed by atoms with Crippen LogP contribution in [0.2, 0.25) is 0 Å². The third kappa shape index (κ3) is 4.19. The Morgan fingerprint density at radius 3 is 2.36 bits per heavy atom. The molecule has 0 aliphatic rings. The summed E-state index contributed by atoms with van der Waals surface area (Å²) in [5.41, 5.74) is 4.15. The quantitative estimate of drug-likeness (QED) is 0.619. The Kier molecular flexibility index (Phi) is 6.03. The first-order valence-corrected chi connectivity index (χ1v) is 10.6. The minimum Gasteiger partial charge on any atom is -0.392 e. The molecule has 148 valence electrons. The second-order valence-corrected chi connectivity index (χ2v) is 8.96. The van der Waals surface area contributed by atoms with E-state index < -0.39 is 10.0 Å². The van der Waals surface area contributed by atoms with E-state index in [1.165, 1.54) is 9.87 Å². The van der Waals surface area contributed by atoms with Crippen LogP contribution in [0.4, 0.5) is 0 Å². The van der Waals surface area contributed by atoms with Gasteiger partial charge >= 0.3 is 0 Å². The lowest BCUT2D eigenvalue weighted by Gasteiger charge is -2.21. The SMILES string of the molecule is Cc1ccc(S(=O)(=O)N(C/C=C\CO)Cc2cc3cc(C)ccc3n2C)cc1. The van der Waals surface area contributed by atoms with Crippen molar-refractivity contribution in [3.05, 3.63) is 77.5 Å². The summed E-state index contributed by atoms with van der Waals surface area (Å²) >= 11 is 0. The maximum absolute atomic E-state index is 13.2. The first-order chi connectivity index (χ1) is 13.3. The lowest BCUT2D eigenvalue weighted by molar-refractivity contribution is 0.341. The van der Waals surface area contributed by atoms with Gasteiger partial charge in [0.2, 0.25) is 10.0 Å². The summed E-state index contributed by atoms with van der Waals surface area (Å²) in [6.45, 7) is 4.29. The summed E-state index contributed by atoms with van der Waals surface area (Å²) in [4.78, 5) is 0.269. The van der Waals surface area contributed by atoms with E-state index in [0.717, 1.165) is 22.2 Å². The number of aliphatic hydroxyl groups is 1. The lowest BCUT2D eigenvalue weighted by atomic mass is 10.2. The van der Waals surface area contributed by atoms with Crippen molar-refractivity contribution in [2.75, 3.05) is 13.2 Å². The van der Waals surface area contributed by atoms with Gasteiger partial charge in [0.05, 0.1) is 18.0 Å². The Morgan fingerprint density at radius 1 is 1.00 bits per heavy atom. The third-order valence-electron chi connectivity index (χ3n) is 4.88. The van der Waals surface area contributed by atoms with E-state index in [2.05, 4.69) is 18.2 Å². The Balaban J connectivity index is 1.99. The molecular weight excluding hydrogens is 372 g/mol. The van der Waals surface area contributed by atoms with Crippen molar-refractivity contribution in [3.63, 3.8) is 0 Å². The van der Waals surface area contributed by atoms with Crippen molar-refractivity contribution in [3.8, 4) is 0 Å². The number of benzene rings is 2. The van der Waals surface area contributed by atoms with Crippen LogP contribution in [-0.2, 0) is 23.6 Å². The number of nitrogens with zero attached hydrogens (tertiary/aromatic N) is 2. The molecule has 1 aromatic heterocycles. The topological polar surface area (TPSA) is 62.5 Å². The normalized spacial score (nSPS) is 12.5. The minimum atomic E-state index is -3.67. The third-order valence-corrected chi connectivity index (χ3v) is 6.70. The highest BCUT2D eigenvalue weighted by Gasteiger charge is 2.25. The highest BCUT2D eigenvalue weighted by Crippen LogP contribution is 2.24. The Bertz CT molecular complexity index is 1100. The molecule has 0 saturated heterocycles. The first-order valence-electron chi connectivity index (χ1n) is 9.20. The van der Waals surface area contributed by atoms with Gasteiger partial charge in [-0.05, 0) is 44.2 Å². The molecule has 0 fully saturated rings. The smallest absolute Gasteiger partial charge is 0.243 e. The van der Waals surface area contributed by atoms with Gasteiger partial charge in [-0.2, -0.15) is 4.31 Å². The van der Waals surface area contributed by atoms with Gasteiger partial charge in [0.25, 0.3) is 0 Å². The Hall–Kier alpha value is -2.41. The molecule has 1 heterocycles. The average molecular weight is 399 g/mol. The van der Waals surface area contributed by atoms with Gasteiger partial charge in [0, 0.05) is 30.2 Å². The molecule has 0 bridgehead atoms. The monoisotopic (exact) mass is 398 g/mol. The number of hydrogen-bond acceptors (Lipinski definition) is 3. The largest absolute Gasteiger partial charge is 0.392 e. The fourth-order valence-corrected chi connectivity index (χ4v) is 4.59. The van der Waals surface area contributed by atoms with Crippen LogP contribution in [0.25, 0.3) is 10.9 Å². The predicted octanol–water partition coefficient (Wildman–Crippen LogP) is 3.53. The van der Waals surface area contributed by atoms with Crippen molar-refractivity contribution in [2.45, 2.75) is 25.3 Å². The number of hydrogen-bond donors (Lipinski definition) is 1. The number of sulfonamides is 1. The highest BCUT2D eigenvalue weighted by molar-refractivity contribution is 7.89. The van der Waals surface area contributed by atoms with Crippen LogP contribution < -0.4 is 0 Å². The zero-order valence-electron chi connectivity index (χ0n) is 16.5. The van der Waals surface area contributed by atoms with Crippen molar-refractivity contribution in [1.29, 1.82) is 0 Å². The van der Waals surface area contributed by atoms with Gasteiger partial charge < -0.3 is 9.67 Å². The number of fused-ring (bicyclic) bond motifs is 1. The fraction of sp³-hybridized carbons (Fsp3) is 0.273. The van der Waals surface area contributed by atoms with E-state index in [1.807, 2.05) is 31.5 Å². The Labute approximate surface area is 166 Å². The fourth-order valence-electron chi connectivity index (χ4n) is 3.23. The van der Waals surface area contributed by atoms with Gasteiger partial charge in [0.15, 0.2) is 0 Å². The molecule has 1 N–H and O–H groups in total. The zero-order valence-corrected chi connectivity index (χ0v) is 17.3. The molecule has 0 aliphatic carbocycles. The second kappa shape index (κ2) is 8.31. The Morgan fingerprint density at radius 2 is 1.68 bits per heavy atom. The predicted molar refractivity (Wildman–Crippen MR) is 113 cm³/mol. The van der Waals surface area contributed by atoms with Crippen LogP contribution in [0.15, 0.2) is 65.6 Å². The maximum atomic E-state index is 13.2. The zero-order chi connectivity index (χ0) is 20.3. The van der Waals surface area contributed by atoms with Crippen LogP contribution in [0.5, 0.6) is 0 Å². The summed E-state index contributed by atoms with van der Waals surface area (Å²) in [5, 5.41) is 10.1. The highest BCUT2D eigenvalue weighted by atomic mass is 32.2. The molecule has 2 aromatic carbocycles.